The van der Waals surface area contributed by atoms with Crippen molar-refractivity contribution in [3.63, 3.8) is 0 Å². The van der Waals surface area contributed by atoms with E-state index in [0.29, 0.717) is 0 Å². The first kappa shape index (κ1) is 14.5. The highest BCUT2D eigenvalue weighted by molar-refractivity contribution is 9.10. The molecule has 1 aliphatic heterocycles. The van der Waals surface area contributed by atoms with Crippen molar-refractivity contribution in [2.75, 3.05) is 56.6 Å². The minimum atomic E-state index is 0.825. The second-order valence-corrected chi connectivity index (χ2v) is 5.09. The van der Waals surface area contributed by atoms with Gasteiger partial charge in [-0.1, -0.05) is 0 Å². The smallest absolute Gasteiger partial charge is 0.145 e. The van der Waals surface area contributed by atoms with Crippen molar-refractivity contribution in [2.45, 2.75) is 6.92 Å². The lowest BCUT2D eigenvalue weighted by molar-refractivity contribution is 0.0398. The minimum Gasteiger partial charge on any atom is -0.379 e. The lowest BCUT2D eigenvalue weighted by Crippen LogP contribution is -2.39. The number of hydrogen-bond acceptors (Lipinski definition) is 6. The van der Waals surface area contributed by atoms with Crippen molar-refractivity contribution < 1.29 is 4.74 Å². The summed E-state index contributed by atoms with van der Waals surface area (Å²) >= 11 is 3.52. The van der Waals surface area contributed by atoms with E-state index in [2.05, 4.69) is 41.4 Å². The van der Waals surface area contributed by atoms with Crippen LogP contribution in [-0.2, 0) is 4.74 Å². The summed E-state index contributed by atoms with van der Waals surface area (Å²) in [6.45, 7) is 8.43. The lowest BCUT2D eigenvalue weighted by Gasteiger charge is -2.26. The summed E-state index contributed by atoms with van der Waals surface area (Å²) in [6, 6.07) is 0. The van der Waals surface area contributed by atoms with Gasteiger partial charge in [0.2, 0.25) is 0 Å². The Balaban J connectivity index is 1.83. The molecule has 0 aliphatic carbocycles. The van der Waals surface area contributed by atoms with E-state index in [1.54, 1.807) is 6.33 Å². The lowest BCUT2D eigenvalue weighted by atomic mass is 10.4. The second kappa shape index (κ2) is 7.62. The third-order valence-corrected chi connectivity index (χ3v) is 3.71. The third-order valence-electron chi connectivity index (χ3n) is 2.96. The van der Waals surface area contributed by atoms with Gasteiger partial charge in [0, 0.05) is 32.7 Å². The standard InChI is InChI=1S/C12H20BrN5O/c1-2-14-11-10(13)12(17-9-16-11)15-3-4-18-5-7-19-8-6-18/h9H,2-8H2,1H3,(H2,14,15,16,17). The van der Waals surface area contributed by atoms with Crippen LogP contribution in [0.25, 0.3) is 0 Å². The Morgan fingerprint density at radius 3 is 2.63 bits per heavy atom. The van der Waals surface area contributed by atoms with Crippen molar-refractivity contribution in [1.82, 2.24) is 14.9 Å². The van der Waals surface area contributed by atoms with Crippen LogP contribution < -0.4 is 10.6 Å². The summed E-state index contributed by atoms with van der Waals surface area (Å²) < 4.78 is 6.22. The molecule has 0 saturated carbocycles. The maximum Gasteiger partial charge on any atom is 0.145 e. The summed E-state index contributed by atoms with van der Waals surface area (Å²) in [6.07, 6.45) is 1.57. The molecule has 7 heteroatoms. The molecule has 2 rings (SSSR count). The van der Waals surface area contributed by atoms with Gasteiger partial charge < -0.3 is 15.4 Å². The normalized spacial score (nSPS) is 16.3. The second-order valence-electron chi connectivity index (χ2n) is 4.30. The highest BCUT2D eigenvalue weighted by Gasteiger charge is 2.11. The fraction of sp³-hybridized carbons (Fsp3) is 0.667. The molecule has 1 aromatic rings. The van der Waals surface area contributed by atoms with Crippen molar-refractivity contribution in [1.29, 1.82) is 0 Å². The number of ether oxygens (including phenoxy) is 1. The number of hydrogen-bond donors (Lipinski definition) is 2. The topological polar surface area (TPSA) is 62.3 Å². The van der Waals surface area contributed by atoms with Crippen molar-refractivity contribution >= 4 is 27.6 Å². The molecule has 0 radical (unpaired) electrons. The average Bonchev–Trinajstić information content (AvgIpc) is 2.44. The molecular weight excluding hydrogens is 310 g/mol. The number of rotatable bonds is 6. The first-order valence-corrected chi connectivity index (χ1v) is 7.39. The molecule has 0 aromatic carbocycles. The molecule has 0 atom stereocenters. The van der Waals surface area contributed by atoms with Gasteiger partial charge in [0.15, 0.2) is 0 Å². The number of nitrogens with one attached hydrogen (secondary N) is 2. The van der Waals surface area contributed by atoms with Crippen LogP contribution >= 0.6 is 15.9 Å². The van der Waals surface area contributed by atoms with E-state index in [1.165, 1.54) is 0 Å². The van der Waals surface area contributed by atoms with Gasteiger partial charge in [-0.2, -0.15) is 0 Å². The zero-order valence-electron chi connectivity index (χ0n) is 11.2. The van der Waals surface area contributed by atoms with Crippen molar-refractivity contribution in [2.24, 2.45) is 0 Å². The van der Waals surface area contributed by atoms with Crippen LogP contribution in [0, 0.1) is 0 Å². The Bertz CT molecular complexity index is 398. The molecule has 0 unspecified atom stereocenters. The van der Waals surface area contributed by atoms with E-state index in [9.17, 15) is 0 Å². The molecule has 106 valence electrons. The van der Waals surface area contributed by atoms with Crippen LogP contribution in [0.5, 0.6) is 0 Å². The van der Waals surface area contributed by atoms with Crippen molar-refractivity contribution in [3.8, 4) is 0 Å². The van der Waals surface area contributed by atoms with Crippen LogP contribution in [0.3, 0.4) is 0 Å². The molecule has 19 heavy (non-hydrogen) atoms. The van der Waals surface area contributed by atoms with Gasteiger partial charge in [-0.05, 0) is 22.9 Å². The molecule has 0 bridgehead atoms. The Hall–Kier alpha value is -0.920. The number of halogens is 1. The van der Waals surface area contributed by atoms with E-state index in [4.69, 9.17) is 4.74 Å². The minimum absolute atomic E-state index is 0.825. The van der Waals surface area contributed by atoms with Gasteiger partial charge in [0.05, 0.1) is 13.2 Å². The van der Waals surface area contributed by atoms with Gasteiger partial charge in [0.25, 0.3) is 0 Å². The Morgan fingerprint density at radius 1 is 1.26 bits per heavy atom. The molecule has 1 saturated heterocycles. The Labute approximate surface area is 122 Å². The molecule has 2 heterocycles. The summed E-state index contributed by atoms with van der Waals surface area (Å²) in [7, 11) is 0. The van der Waals surface area contributed by atoms with E-state index in [0.717, 1.165) is 62.0 Å². The zero-order valence-corrected chi connectivity index (χ0v) is 12.7. The number of morpholine rings is 1. The molecule has 1 aromatic heterocycles. The number of aromatic nitrogens is 2. The number of anilines is 2. The van der Waals surface area contributed by atoms with E-state index in [-0.39, 0.29) is 0 Å². The van der Waals surface area contributed by atoms with Gasteiger partial charge in [0.1, 0.15) is 22.4 Å². The maximum absolute atomic E-state index is 5.33. The first-order chi connectivity index (χ1) is 9.31. The van der Waals surface area contributed by atoms with Crippen LogP contribution in [-0.4, -0.2) is 60.8 Å². The van der Waals surface area contributed by atoms with Crippen LogP contribution in [0.15, 0.2) is 10.8 Å². The zero-order chi connectivity index (χ0) is 13.5. The predicted molar refractivity (Wildman–Crippen MR) is 79.6 cm³/mol. The monoisotopic (exact) mass is 329 g/mol. The largest absolute Gasteiger partial charge is 0.379 e. The van der Waals surface area contributed by atoms with Crippen LogP contribution in [0.4, 0.5) is 11.6 Å². The Morgan fingerprint density at radius 2 is 1.95 bits per heavy atom. The predicted octanol–water partition coefficient (Wildman–Crippen LogP) is 1.42. The molecule has 0 amide bonds. The van der Waals surface area contributed by atoms with Gasteiger partial charge in [-0.25, -0.2) is 9.97 Å². The van der Waals surface area contributed by atoms with E-state index in [1.807, 2.05) is 6.92 Å². The van der Waals surface area contributed by atoms with E-state index >= 15 is 0 Å². The van der Waals surface area contributed by atoms with Crippen molar-refractivity contribution in [3.05, 3.63) is 10.8 Å². The molecule has 1 aliphatic rings. The fourth-order valence-electron chi connectivity index (χ4n) is 1.94. The molecule has 0 spiro atoms. The fourth-order valence-corrected chi connectivity index (χ4v) is 2.43. The summed E-state index contributed by atoms with van der Waals surface area (Å²) in [5.74, 6) is 1.66. The summed E-state index contributed by atoms with van der Waals surface area (Å²) in [4.78, 5) is 10.8. The summed E-state index contributed by atoms with van der Waals surface area (Å²) in [5, 5.41) is 6.53. The van der Waals surface area contributed by atoms with Gasteiger partial charge in [-0.3, -0.25) is 4.90 Å². The maximum atomic E-state index is 5.33. The number of nitrogens with zero attached hydrogens (tertiary/aromatic N) is 3. The molecule has 6 nitrogen and oxygen atoms in total. The summed E-state index contributed by atoms with van der Waals surface area (Å²) in [5.41, 5.74) is 0. The highest BCUT2D eigenvalue weighted by Crippen LogP contribution is 2.25. The van der Waals surface area contributed by atoms with Gasteiger partial charge in [-0.15, -0.1) is 0 Å². The highest BCUT2D eigenvalue weighted by atomic mass is 79.9. The molecular formula is C12H20BrN5O. The molecule has 1 fully saturated rings. The van der Waals surface area contributed by atoms with E-state index < -0.39 is 0 Å². The van der Waals surface area contributed by atoms with Crippen LogP contribution in [0.1, 0.15) is 6.92 Å². The first-order valence-electron chi connectivity index (χ1n) is 6.59. The quantitative estimate of drug-likeness (QED) is 0.823. The third kappa shape index (κ3) is 4.29. The van der Waals surface area contributed by atoms with Crippen LogP contribution in [0.2, 0.25) is 0 Å². The Kier molecular flexibility index (Phi) is 5.81. The van der Waals surface area contributed by atoms with Gasteiger partial charge >= 0.3 is 0 Å². The SMILES string of the molecule is CCNc1ncnc(NCCN2CCOCC2)c1Br. The average molecular weight is 330 g/mol. The molecule has 2 N–H and O–H groups in total.